The van der Waals surface area contributed by atoms with Crippen LogP contribution in [-0.4, -0.2) is 52.1 Å². The lowest BCUT2D eigenvalue weighted by molar-refractivity contribution is -0.140. The lowest BCUT2D eigenvalue weighted by Crippen LogP contribution is -2.57. The first-order chi connectivity index (χ1) is 10.0. The summed E-state index contributed by atoms with van der Waals surface area (Å²) in [6, 6.07) is 0.120. The van der Waals surface area contributed by atoms with Gasteiger partial charge in [-0.2, -0.15) is 11.8 Å². The topological polar surface area (TPSA) is 69.6 Å². The highest BCUT2D eigenvalue weighted by Crippen LogP contribution is 2.36. The summed E-state index contributed by atoms with van der Waals surface area (Å²) in [4.78, 5) is 25.4. The Balaban J connectivity index is 2.00. The van der Waals surface area contributed by atoms with Gasteiger partial charge < -0.3 is 15.3 Å². The summed E-state index contributed by atoms with van der Waals surface area (Å²) in [6.07, 6.45) is 6.95. The molecule has 1 aliphatic heterocycles. The van der Waals surface area contributed by atoms with Crippen LogP contribution >= 0.6 is 11.8 Å². The van der Waals surface area contributed by atoms with Gasteiger partial charge in [0.2, 0.25) is 0 Å². The van der Waals surface area contributed by atoms with E-state index in [4.69, 9.17) is 0 Å². The predicted molar refractivity (Wildman–Crippen MR) is 84.7 cm³/mol. The molecule has 21 heavy (non-hydrogen) atoms. The van der Waals surface area contributed by atoms with Crippen LogP contribution in [0.1, 0.15) is 51.4 Å². The van der Waals surface area contributed by atoms with Gasteiger partial charge in [-0.1, -0.05) is 19.3 Å². The fourth-order valence-corrected chi connectivity index (χ4v) is 4.54. The van der Waals surface area contributed by atoms with Gasteiger partial charge in [-0.15, -0.1) is 0 Å². The van der Waals surface area contributed by atoms with E-state index < -0.39 is 11.5 Å². The third-order valence-corrected chi connectivity index (χ3v) is 5.98. The van der Waals surface area contributed by atoms with Crippen molar-refractivity contribution < 1.29 is 14.7 Å². The van der Waals surface area contributed by atoms with E-state index in [1.165, 1.54) is 5.75 Å². The van der Waals surface area contributed by atoms with Crippen molar-refractivity contribution >= 4 is 23.8 Å². The molecule has 6 heteroatoms. The predicted octanol–water partition coefficient (Wildman–Crippen LogP) is 2.70. The van der Waals surface area contributed by atoms with Gasteiger partial charge >= 0.3 is 12.0 Å². The zero-order valence-electron chi connectivity index (χ0n) is 12.8. The average molecular weight is 314 g/mol. The first kappa shape index (κ1) is 16.5. The molecule has 1 saturated heterocycles. The Kier molecular flexibility index (Phi) is 5.79. The molecule has 0 radical (unpaired) electrons. The number of nitrogens with zero attached hydrogens (tertiary/aromatic N) is 1. The highest BCUT2D eigenvalue weighted by atomic mass is 32.2. The van der Waals surface area contributed by atoms with Gasteiger partial charge in [0.15, 0.2) is 0 Å². The van der Waals surface area contributed by atoms with E-state index in [1.54, 1.807) is 11.9 Å². The van der Waals surface area contributed by atoms with E-state index in [2.05, 4.69) is 5.32 Å². The molecular formula is C15H26N2O3S. The Bertz CT molecular complexity index is 377. The lowest BCUT2D eigenvalue weighted by atomic mass is 9.78. The number of carbonyl (C=O) groups is 2. The number of thioether (sulfide) groups is 1. The molecule has 1 heterocycles. The van der Waals surface area contributed by atoms with Crippen molar-refractivity contribution in [3.05, 3.63) is 0 Å². The summed E-state index contributed by atoms with van der Waals surface area (Å²) in [5.74, 6) is 1.32. The quantitative estimate of drug-likeness (QED) is 0.837. The van der Waals surface area contributed by atoms with E-state index in [9.17, 15) is 14.7 Å². The van der Waals surface area contributed by atoms with Crippen LogP contribution in [0.4, 0.5) is 4.79 Å². The van der Waals surface area contributed by atoms with Crippen molar-refractivity contribution in [2.45, 2.75) is 62.9 Å². The van der Waals surface area contributed by atoms with Gasteiger partial charge in [0.1, 0.15) is 0 Å². The van der Waals surface area contributed by atoms with Crippen LogP contribution in [0.25, 0.3) is 0 Å². The summed E-state index contributed by atoms with van der Waals surface area (Å²) >= 11 is 1.87. The van der Waals surface area contributed by atoms with E-state index >= 15 is 0 Å². The van der Waals surface area contributed by atoms with E-state index in [0.29, 0.717) is 0 Å². The minimum Gasteiger partial charge on any atom is -0.481 e. The minimum atomic E-state index is -0.815. The number of carbonyl (C=O) groups excluding carboxylic acids is 1. The normalized spacial score (nSPS) is 25.1. The van der Waals surface area contributed by atoms with Crippen molar-refractivity contribution in [1.29, 1.82) is 0 Å². The Morgan fingerprint density at radius 2 is 2.00 bits per heavy atom. The van der Waals surface area contributed by atoms with E-state index in [1.807, 2.05) is 11.8 Å². The lowest BCUT2D eigenvalue weighted by Gasteiger charge is -2.44. The largest absolute Gasteiger partial charge is 0.481 e. The van der Waals surface area contributed by atoms with E-state index in [-0.39, 0.29) is 18.5 Å². The number of carboxylic acid groups (broad SMARTS) is 1. The Morgan fingerprint density at radius 1 is 1.29 bits per heavy atom. The fraction of sp³-hybridized carbons (Fsp3) is 0.867. The molecule has 1 saturated carbocycles. The van der Waals surface area contributed by atoms with Gasteiger partial charge in [0.25, 0.3) is 0 Å². The summed E-state index contributed by atoms with van der Waals surface area (Å²) in [5.41, 5.74) is -0.504. The Morgan fingerprint density at radius 3 is 2.57 bits per heavy atom. The molecule has 0 aromatic rings. The second kappa shape index (κ2) is 7.38. The van der Waals surface area contributed by atoms with Crippen molar-refractivity contribution in [3.63, 3.8) is 0 Å². The highest BCUT2D eigenvalue weighted by molar-refractivity contribution is 7.99. The summed E-state index contributed by atoms with van der Waals surface area (Å²) < 4.78 is 0. The molecule has 2 amide bonds. The summed E-state index contributed by atoms with van der Waals surface area (Å²) in [6.45, 7) is 0. The summed E-state index contributed by atoms with van der Waals surface area (Å²) in [5, 5.41) is 12.3. The van der Waals surface area contributed by atoms with Crippen LogP contribution in [-0.2, 0) is 4.79 Å². The molecule has 0 aromatic heterocycles. The molecule has 0 aromatic carbocycles. The maximum absolute atomic E-state index is 12.5. The van der Waals surface area contributed by atoms with Crippen LogP contribution in [0.5, 0.6) is 0 Å². The molecule has 5 nitrogen and oxygen atoms in total. The molecule has 120 valence electrons. The molecule has 2 rings (SSSR count). The molecule has 1 atom stereocenters. The van der Waals surface area contributed by atoms with Crippen LogP contribution < -0.4 is 5.32 Å². The Labute approximate surface area is 130 Å². The van der Waals surface area contributed by atoms with Crippen molar-refractivity contribution in [2.75, 3.05) is 18.6 Å². The van der Waals surface area contributed by atoms with Gasteiger partial charge in [-0.05, 0) is 31.4 Å². The second-order valence-electron chi connectivity index (χ2n) is 6.28. The van der Waals surface area contributed by atoms with Crippen LogP contribution in [0, 0.1) is 0 Å². The molecule has 2 fully saturated rings. The fourth-order valence-electron chi connectivity index (χ4n) is 3.46. The zero-order valence-corrected chi connectivity index (χ0v) is 13.6. The van der Waals surface area contributed by atoms with Crippen LogP contribution in [0.15, 0.2) is 0 Å². The SMILES string of the molecule is CN(C(=O)NC1CCCSC1)C1(CC(=O)O)CCCCC1. The van der Waals surface area contributed by atoms with Gasteiger partial charge in [0.05, 0.1) is 12.0 Å². The number of amides is 2. The standard InChI is InChI=1S/C15H26N2O3S/c1-17(14(20)16-12-6-5-9-21-11-12)15(10-13(18)19)7-3-2-4-8-15/h12H,2-11H2,1H3,(H,16,20)(H,18,19). The first-order valence-corrected chi connectivity index (χ1v) is 9.03. The monoisotopic (exact) mass is 314 g/mol. The van der Waals surface area contributed by atoms with Gasteiger partial charge in [-0.3, -0.25) is 4.79 Å². The smallest absolute Gasteiger partial charge is 0.317 e. The molecule has 2 N–H and O–H groups in total. The van der Waals surface area contributed by atoms with Crippen molar-refractivity contribution in [3.8, 4) is 0 Å². The van der Waals surface area contributed by atoms with Crippen LogP contribution in [0.3, 0.4) is 0 Å². The average Bonchev–Trinajstić information content (AvgIpc) is 2.47. The minimum absolute atomic E-state index is 0.0519. The highest BCUT2D eigenvalue weighted by Gasteiger charge is 2.40. The molecule has 2 aliphatic rings. The molecule has 1 unspecified atom stereocenters. The molecule has 0 bridgehead atoms. The van der Waals surface area contributed by atoms with Gasteiger partial charge in [-0.25, -0.2) is 4.79 Å². The number of hydrogen-bond acceptors (Lipinski definition) is 3. The maximum atomic E-state index is 12.5. The molecule has 1 aliphatic carbocycles. The zero-order chi connectivity index (χ0) is 15.3. The first-order valence-electron chi connectivity index (χ1n) is 7.87. The van der Waals surface area contributed by atoms with Gasteiger partial charge in [0, 0.05) is 18.8 Å². The number of carboxylic acids is 1. The number of nitrogens with one attached hydrogen (secondary N) is 1. The van der Waals surface area contributed by atoms with Crippen molar-refractivity contribution in [1.82, 2.24) is 10.2 Å². The van der Waals surface area contributed by atoms with Crippen molar-refractivity contribution in [2.24, 2.45) is 0 Å². The number of aliphatic carboxylic acids is 1. The van der Waals surface area contributed by atoms with Crippen LogP contribution in [0.2, 0.25) is 0 Å². The third-order valence-electron chi connectivity index (χ3n) is 4.77. The number of rotatable bonds is 4. The number of urea groups is 1. The summed E-state index contributed by atoms with van der Waals surface area (Å²) in [7, 11) is 1.76. The second-order valence-corrected chi connectivity index (χ2v) is 7.43. The Hall–Kier alpha value is -0.910. The molecular weight excluding hydrogens is 288 g/mol. The third kappa shape index (κ3) is 4.28. The molecule has 0 spiro atoms. The maximum Gasteiger partial charge on any atom is 0.317 e. The number of hydrogen-bond donors (Lipinski definition) is 2. The van der Waals surface area contributed by atoms with E-state index in [0.717, 1.165) is 50.7 Å².